The Morgan fingerprint density at radius 1 is 0.659 bits per heavy atom. The summed E-state index contributed by atoms with van der Waals surface area (Å²) >= 11 is 0. The van der Waals surface area contributed by atoms with Crippen LogP contribution in [0.3, 0.4) is 0 Å². The van der Waals surface area contributed by atoms with Crippen molar-refractivity contribution >= 4 is 60.7 Å². The largest absolute Gasteiger partial charge is 0.456 e. The number of aromatic nitrogens is 1. The first-order chi connectivity index (χ1) is 21.7. The Kier molecular flexibility index (Phi) is 6.35. The smallest absolute Gasteiger partial charge is 0.137 e. The van der Waals surface area contributed by atoms with Crippen LogP contribution in [0.4, 0.5) is 11.4 Å². The highest BCUT2D eigenvalue weighted by Gasteiger charge is 2.17. The number of rotatable bonds is 7. The van der Waals surface area contributed by atoms with Gasteiger partial charge < -0.3 is 14.3 Å². The van der Waals surface area contributed by atoms with Gasteiger partial charge in [0.2, 0.25) is 0 Å². The molecule has 0 radical (unpaired) electrons. The van der Waals surface area contributed by atoms with Crippen molar-refractivity contribution in [2.24, 2.45) is 0 Å². The third-order valence-electron chi connectivity index (χ3n) is 8.39. The van der Waals surface area contributed by atoms with E-state index in [1.165, 1.54) is 21.9 Å². The number of hydrogen-bond donors (Lipinski definition) is 1. The van der Waals surface area contributed by atoms with Crippen LogP contribution in [-0.2, 0) is 6.42 Å². The zero-order chi connectivity index (χ0) is 29.5. The van der Waals surface area contributed by atoms with Gasteiger partial charge in [0.25, 0.3) is 0 Å². The molecule has 44 heavy (non-hydrogen) atoms. The van der Waals surface area contributed by atoms with Gasteiger partial charge >= 0.3 is 0 Å². The molecule has 3 heteroatoms. The predicted octanol–water partition coefficient (Wildman–Crippen LogP) is 11.2. The molecule has 1 N–H and O–H groups in total. The molecule has 0 bridgehead atoms. The van der Waals surface area contributed by atoms with Crippen molar-refractivity contribution in [3.05, 3.63) is 169 Å². The number of furan rings is 1. The van der Waals surface area contributed by atoms with Gasteiger partial charge in [-0.25, -0.2) is 0 Å². The number of anilines is 2. The summed E-state index contributed by atoms with van der Waals surface area (Å²) in [6.45, 7) is 4.47. The van der Waals surface area contributed by atoms with Crippen LogP contribution in [-0.4, -0.2) is 4.57 Å². The minimum atomic E-state index is 0.799. The number of nitrogens with one attached hydrogen (secondary N) is 1. The number of nitrogens with zero attached hydrogens (tertiary/aromatic N) is 1. The molecule has 0 saturated carbocycles. The summed E-state index contributed by atoms with van der Waals surface area (Å²) in [6.07, 6.45) is 5.14. The minimum absolute atomic E-state index is 0.799. The summed E-state index contributed by atoms with van der Waals surface area (Å²) in [6, 6.07) is 48.7. The average molecular weight is 567 g/mol. The van der Waals surface area contributed by atoms with Crippen molar-refractivity contribution in [3.63, 3.8) is 0 Å². The molecular formula is C41H30N2O. The maximum Gasteiger partial charge on any atom is 0.137 e. The number of para-hydroxylation sites is 4. The topological polar surface area (TPSA) is 30.1 Å². The van der Waals surface area contributed by atoms with E-state index in [0.29, 0.717) is 0 Å². The van der Waals surface area contributed by atoms with Crippen LogP contribution < -0.4 is 5.32 Å². The van der Waals surface area contributed by atoms with E-state index < -0.39 is 0 Å². The molecule has 0 atom stereocenters. The molecule has 0 aliphatic heterocycles. The summed E-state index contributed by atoms with van der Waals surface area (Å²) in [5, 5.41) is 8.23. The van der Waals surface area contributed by atoms with Crippen LogP contribution in [0.5, 0.6) is 0 Å². The van der Waals surface area contributed by atoms with Crippen molar-refractivity contribution in [2.45, 2.75) is 6.42 Å². The summed E-state index contributed by atoms with van der Waals surface area (Å²) in [4.78, 5) is 0. The average Bonchev–Trinajstić information content (AvgIpc) is 3.61. The maximum atomic E-state index is 6.26. The van der Waals surface area contributed by atoms with Crippen LogP contribution >= 0.6 is 0 Å². The number of allylic oxidation sites excluding steroid dienone is 3. The van der Waals surface area contributed by atoms with E-state index in [-0.39, 0.29) is 0 Å². The first kappa shape index (κ1) is 25.9. The Labute approximate surface area is 256 Å². The second-order valence-electron chi connectivity index (χ2n) is 11.1. The van der Waals surface area contributed by atoms with Crippen molar-refractivity contribution < 1.29 is 4.42 Å². The van der Waals surface area contributed by atoms with Gasteiger partial charge in [0.15, 0.2) is 0 Å². The SMILES string of the molecule is C=C(/C=C\Cc1ccccc1Nc1ccccc1)c1ccc2c3ccccc3n(-c3cccc4oc5ccccc5c34)c2c1. The van der Waals surface area contributed by atoms with Gasteiger partial charge in [-0.15, -0.1) is 0 Å². The molecule has 2 aromatic heterocycles. The Hall–Kier alpha value is -5.80. The fourth-order valence-electron chi connectivity index (χ4n) is 6.29. The van der Waals surface area contributed by atoms with E-state index in [0.717, 1.165) is 62.1 Å². The first-order valence-corrected chi connectivity index (χ1v) is 14.9. The molecule has 0 unspecified atom stereocenters. The molecule has 0 saturated heterocycles. The standard InChI is InChI=1S/C41H30N2O/c1-28(13-11-15-29-14-5-8-20-35(29)42-31-16-3-2-4-17-31)30-25-26-33-32-18-6-9-21-36(32)43(38(33)27-30)37-22-12-24-40-41(37)34-19-7-10-23-39(34)44-40/h2-14,16-27,42H,1,15H2/b13-11-. The lowest BCUT2D eigenvalue weighted by Gasteiger charge is -2.11. The van der Waals surface area contributed by atoms with Gasteiger partial charge in [-0.2, -0.15) is 0 Å². The zero-order valence-corrected chi connectivity index (χ0v) is 24.2. The van der Waals surface area contributed by atoms with Crippen molar-refractivity contribution in [2.75, 3.05) is 5.32 Å². The molecule has 210 valence electrons. The van der Waals surface area contributed by atoms with Crippen molar-refractivity contribution in [1.29, 1.82) is 0 Å². The highest BCUT2D eigenvalue weighted by atomic mass is 16.3. The summed E-state index contributed by atoms with van der Waals surface area (Å²) in [5.74, 6) is 0. The van der Waals surface area contributed by atoms with Crippen LogP contribution in [0.15, 0.2) is 163 Å². The fourth-order valence-corrected chi connectivity index (χ4v) is 6.29. The van der Waals surface area contributed by atoms with E-state index in [4.69, 9.17) is 4.42 Å². The van der Waals surface area contributed by atoms with E-state index in [1.54, 1.807) is 0 Å². The second-order valence-corrected chi connectivity index (χ2v) is 11.1. The van der Waals surface area contributed by atoms with Gasteiger partial charge in [0, 0.05) is 27.5 Å². The molecule has 6 aromatic carbocycles. The molecule has 2 heterocycles. The Morgan fingerprint density at radius 3 is 2.30 bits per heavy atom. The van der Waals surface area contributed by atoms with Gasteiger partial charge in [-0.3, -0.25) is 0 Å². The fraction of sp³-hybridized carbons (Fsp3) is 0.0244. The van der Waals surface area contributed by atoms with E-state index in [2.05, 4.69) is 138 Å². The highest BCUT2D eigenvalue weighted by Crippen LogP contribution is 2.39. The van der Waals surface area contributed by atoms with Crippen LogP contribution in [0.1, 0.15) is 11.1 Å². The lowest BCUT2D eigenvalue weighted by molar-refractivity contribution is 0.669. The summed E-state index contributed by atoms with van der Waals surface area (Å²) in [7, 11) is 0. The zero-order valence-electron chi connectivity index (χ0n) is 24.2. The Bertz CT molecular complexity index is 2350. The van der Waals surface area contributed by atoms with Crippen LogP contribution in [0.2, 0.25) is 0 Å². The second kappa shape index (κ2) is 10.8. The third kappa shape index (κ3) is 4.47. The third-order valence-corrected chi connectivity index (χ3v) is 8.39. The molecule has 0 aliphatic carbocycles. The lowest BCUT2D eigenvalue weighted by atomic mass is 10.0. The number of fused-ring (bicyclic) bond motifs is 6. The molecule has 3 nitrogen and oxygen atoms in total. The predicted molar refractivity (Wildman–Crippen MR) is 186 cm³/mol. The molecule has 0 amide bonds. The number of benzene rings is 6. The number of hydrogen-bond acceptors (Lipinski definition) is 2. The molecule has 0 fully saturated rings. The van der Waals surface area contributed by atoms with E-state index in [1.807, 2.05) is 30.3 Å². The summed E-state index contributed by atoms with van der Waals surface area (Å²) < 4.78 is 8.63. The van der Waals surface area contributed by atoms with Gasteiger partial charge in [-0.1, -0.05) is 110 Å². The Balaban J connectivity index is 1.18. The van der Waals surface area contributed by atoms with Crippen LogP contribution in [0, 0.1) is 0 Å². The normalized spacial score (nSPS) is 11.7. The molecular weight excluding hydrogens is 536 g/mol. The van der Waals surface area contributed by atoms with E-state index in [9.17, 15) is 0 Å². The minimum Gasteiger partial charge on any atom is -0.456 e. The summed E-state index contributed by atoms with van der Waals surface area (Å²) in [5.41, 5.74) is 10.7. The van der Waals surface area contributed by atoms with Gasteiger partial charge in [-0.05, 0) is 71.7 Å². The highest BCUT2D eigenvalue weighted by molar-refractivity contribution is 6.14. The lowest BCUT2D eigenvalue weighted by Crippen LogP contribution is -1.95. The molecule has 0 aliphatic rings. The van der Waals surface area contributed by atoms with Crippen molar-refractivity contribution in [3.8, 4) is 5.69 Å². The monoisotopic (exact) mass is 566 g/mol. The van der Waals surface area contributed by atoms with Gasteiger partial charge in [0.05, 0.1) is 22.1 Å². The quantitative estimate of drug-likeness (QED) is 0.195. The molecule has 8 rings (SSSR count). The van der Waals surface area contributed by atoms with Crippen molar-refractivity contribution in [1.82, 2.24) is 4.57 Å². The first-order valence-electron chi connectivity index (χ1n) is 14.9. The van der Waals surface area contributed by atoms with Gasteiger partial charge in [0.1, 0.15) is 11.2 Å². The molecule has 0 spiro atoms. The van der Waals surface area contributed by atoms with Crippen LogP contribution in [0.25, 0.3) is 55.0 Å². The molecule has 8 aromatic rings. The maximum absolute atomic E-state index is 6.26. The Morgan fingerprint density at radius 2 is 1.39 bits per heavy atom. The van der Waals surface area contributed by atoms with E-state index >= 15 is 0 Å².